The Bertz CT molecular complexity index is 463. The normalized spacial score (nSPS) is 26.2. The molecule has 0 amide bonds. The van der Waals surface area contributed by atoms with Crippen molar-refractivity contribution in [3.63, 3.8) is 0 Å². The number of esters is 1. The molecule has 2 rings (SSSR count). The quantitative estimate of drug-likeness (QED) is 0.848. The molecule has 1 saturated carbocycles. The van der Waals surface area contributed by atoms with E-state index in [9.17, 15) is 9.18 Å². The average Bonchev–Trinajstić information content (AvgIpc) is 2.82. The van der Waals surface area contributed by atoms with Crippen LogP contribution in [0.3, 0.4) is 0 Å². The monoisotopic (exact) mass is 265 g/mol. The fourth-order valence-electron chi connectivity index (χ4n) is 2.88. The molecule has 0 spiro atoms. The molecule has 2 unspecified atom stereocenters. The van der Waals surface area contributed by atoms with Crippen molar-refractivity contribution in [3.8, 4) is 0 Å². The lowest BCUT2D eigenvalue weighted by Gasteiger charge is -2.29. The van der Waals surface area contributed by atoms with Gasteiger partial charge in [-0.15, -0.1) is 0 Å². The molecule has 0 aliphatic heterocycles. The molecule has 1 aromatic carbocycles. The van der Waals surface area contributed by atoms with E-state index in [1.165, 1.54) is 19.2 Å². The Morgan fingerprint density at radius 2 is 2.37 bits per heavy atom. The predicted molar refractivity (Wildman–Crippen MR) is 72.4 cm³/mol. The van der Waals surface area contributed by atoms with Crippen LogP contribution in [-0.2, 0) is 9.53 Å². The van der Waals surface area contributed by atoms with Gasteiger partial charge in [0.25, 0.3) is 0 Å². The largest absolute Gasteiger partial charge is 0.467 e. The van der Waals surface area contributed by atoms with Crippen LogP contribution in [0.4, 0.5) is 10.1 Å². The summed E-state index contributed by atoms with van der Waals surface area (Å²) in [6.07, 6.45) is 3.51. The molecule has 104 valence electrons. The summed E-state index contributed by atoms with van der Waals surface area (Å²) in [6, 6.07) is 6.20. The standard InChI is InChI=1S/C15H20FNO2/c1-3-11-7-8-15(10-11,14(18)19-2)17-13-6-4-5-12(16)9-13/h4-6,9,11,17H,3,7-8,10H2,1-2H3. The van der Waals surface area contributed by atoms with E-state index in [0.717, 1.165) is 25.7 Å². The third-order valence-electron chi connectivity index (χ3n) is 3.98. The van der Waals surface area contributed by atoms with Gasteiger partial charge in [0.05, 0.1) is 7.11 Å². The molecule has 0 bridgehead atoms. The molecule has 0 aromatic heterocycles. The highest BCUT2D eigenvalue weighted by molar-refractivity contribution is 5.85. The summed E-state index contributed by atoms with van der Waals surface area (Å²) in [6.45, 7) is 2.13. The van der Waals surface area contributed by atoms with Gasteiger partial charge in [-0.05, 0) is 43.4 Å². The lowest BCUT2D eigenvalue weighted by Crippen LogP contribution is -2.45. The maximum atomic E-state index is 13.2. The van der Waals surface area contributed by atoms with Crippen LogP contribution in [0.1, 0.15) is 32.6 Å². The molecule has 1 aromatic rings. The number of rotatable bonds is 4. The van der Waals surface area contributed by atoms with Crippen molar-refractivity contribution < 1.29 is 13.9 Å². The minimum atomic E-state index is -0.705. The second kappa shape index (κ2) is 5.59. The zero-order valence-corrected chi connectivity index (χ0v) is 11.4. The maximum Gasteiger partial charge on any atom is 0.331 e. The first-order valence-corrected chi connectivity index (χ1v) is 6.72. The summed E-state index contributed by atoms with van der Waals surface area (Å²) in [5.41, 5.74) is -0.0781. The minimum absolute atomic E-state index is 0.257. The number of halogens is 1. The van der Waals surface area contributed by atoms with E-state index in [0.29, 0.717) is 11.6 Å². The molecule has 19 heavy (non-hydrogen) atoms. The van der Waals surface area contributed by atoms with Crippen LogP contribution in [0.5, 0.6) is 0 Å². The fraction of sp³-hybridized carbons (Fsp3) is 0.533. The van der Waals surface area contributed by atoms with E-state index in [4.69, 9.17) is 4.74 Å². The number of benzene rings is 1. The van der Waals surface area contributed by atoms with Gasteiger partial charge >= 0.3 is 5.97 Å². The Balaban J connectivity index is 2.22. The van der Waals surface area contributed by atoms with Gasteiger partial charge in [0.15, 0.2) is 0 Å². The van der Waals surface area contributed by atoms with Gasteiger partial charge in [0, 0.05) is 5.69 Å². The molecule has 4 heteroatoms. The number of hydrogen-bond donors (Lipinski definition) is 1. The van der Waals surface area contributed by atoms with Crippen LogP contribution in [0.15, 0.2) is 24.3 Å². The van der Waals surface area contributed by atoms with Gasteiger partial charge in [-0.2, -0.15) is 0 Å². The lowest BCUT2D eigenvalue weighted by atomic mass is 9.94. The van der Waals surface area contributed by atoms with E-state index >= 15 is 0 Å². The molecule has 3 nitrogen and oxygen atoms in total. The number of hydrogen-bond acceptors (Lipinski definition) is 3. The molecule has 1 N–H and O–H groups in total. The Kier molecular flexibility index (Phi) is 4.08. The molecule has 0 radical (unpaired) electrons. The Morgan fingerprint density at radius 1 is 1.58 bits per heavy atom. The summed E-state index contributed by atoms with van der Waals surface area (Å²) in [5, 5.41) is 3.20. The summed E-state index contributed by atoms with van der Waals surface area (Å²) in [5.74, 6) is -0.0528. The molecular weight excluding hydrogens is 245 g/mol. The Morgan fingerprint density at radius 3 is 2.95 bits per heavy atom. The first-order chi connectivity index (χ1) is 9.09. The summed E-state index contributed by atoms with van der Waals surface area (Å²) in [7, 11) is 1.40. The summed E-state index contributed by atoms with van der Waals surface area (Å²) < 4.78 is 18.2. The van der Waals surface area contributed by atoms with E-state index in [2.05, 4.69) is 12.2 Å². The van der Waals surface area contributed by atoms with Gasteiger partial charge in [-0.3, -0.25) is 0 Å². The number of anilines is 1. The predicted octanol–water partition coefficient (Wildman–Crippen LogP) is 3.36. The van der Waals surface area contributed by atoms with E-state index in [1.807, 2.05) is 0 Å². The lowest BCUT2D eigenvalue weighted by molar-refractivity contribution is -0.145. The summed E-state index contributed by atoms with van der Waals surface area (Å²) in [4.78, 5) is 12.1. The molecule has 1 aliphatic rings. The van der Waals surface area contributed by atoms with Crippen molar-refractivity contribution in [1.82, 2.24) is 0 Å². The molecule has 1 aliphatic carbocycles. The molecular formula is C15H20FNO2. The average molecular weight is 265 g/mol. The number of nitrogens with one attached hydrogen (secondary N) is 1. The highest BCUT2D eigenvalue weighted by atomic mass is 19.1. The molecule has 0 saturated heterocycles. The van der Waals surface area contributed by atoms with E-state index in [1.54, 1.807) is 12.1 Å². The fourth-order valence-corrected chi connectivity index (χ4v) is 2.88. The number of methoxy groups -OCH3 is 1. The van der Waals surface area contributed by atoms with Gasteiger partial charge < -0.3 is 10.1 Å². The first kappa shape index (κ1) is 13.8. The van der Waals surface area contributed by atoms with Crippen molar-refractivity contribution in [2.45, 2.75) is 38.1 Å². The van der Waals surface area contributed by atoms with Crippen molar-refractivity contribution in [1.29, 1.82) is 0 Å². The van der Waals surface area contributed by atoms with E-state index in [-0.39, 0.29) is 11.8 Å². The van der Waals surface area contributed by atoms with Crippen LogP contribution in [-0.4, -0.2) is 18.6 Å². The number of carbonyl (C=O) groups excluding carboxylic acids is 1. The second-order valence-electron chi connectivity index (χ2n) is 5.23. The van der Waals surface area contributed by atoms with Crippen molar-refractivity contribution >= 4 is 11.7 Å². The van der Waals surface area contributed by atoms with Crippen molar-refractivity contribution in [3.05, 3.63) is 30.1 Å². The smallest absolute Gasteiger partial charge is 0.331 e. The van der Waals surface area contributed by atoms with Crippen LogP contribution in [0, 0.1) is 11.7 Å². The van der Waals surface area contributed by atoms with Gasteiger partial charge in [-0.25, -0.2) is 9.18 Å². The zero-order valence-electron chi connectivity index (χ0n) is 11.4. The highest BCUT2D eigenvalue weighted by Crippen LogP contribution is 2.39. The van der Waals surface area contributed by atoms with Gasteiger partial charge in [0.2, 0.25) is 0 Å². The van der Waals surface area contributed by atoms with Crippen LogP contribution in [0.2, 0.25) is 0 Å². The van der Waals surface area contributed by atoms with Gasteiger partial charge in [0.1, 0.15) is 11.4 Å². The summed E-state index contributed by atoms with van der Waals surface area (Å²) >= 11 is 0. The minimum Gasteiger partial charge on any atom is -0.467 e. The topological polar surface area (TPSA) is 38.3 Å². The van der Waals surface area contributed by atoms with Crippen molar-refractivity contribution in [2.24, 2.45) is 5.92 Å². The van der Waals surface area contributed by atoms with E-state index < -0.39 is 5.54 Å². The molecule has 2 atom stereocenters. The first-order valence-electron chi connectivity index (χ1n) is 6.72. The molecule has 1 fully saturated rings. The SMILES string of the molecule is CCC1CCC(Nc2cccc(F)c2)(C(=O)OC)C1. The van der Waals surface area contributed by atoms with Crippen molar-refractivity contribution in [2.75, 3.05) is 12.4 Å². The van der Waals surface area contributed by atoms with Crippen LogP contribution >= 0.6 is 0 Å². The van der Waals surface area contributed by atoms with Gasteiger partial charge in [-0.1, -0.05) is 19.4 Å². The Labute approximate surface area is 113 Å². The highest BCUT2D eigenvalue weighted by Gasteiger charge is 2.45. The Hall–Kier alpha value is -1.58. The zero-order chi connectivity index (χ0) is 13.9. The number of carbonyl (C=O) groups is 1. The number of ether oxygens (including phenoxy) is 1. The maximum absolute atomic E-state index is 13.2. The van der Waals surface area contributed by atoms with Crippen LogP contribution < -0.4 is 5.32 Å². The second-order valence-corrected chi connectivity index (χ2v) is 5.23. The van der Waals surface area contributed by atoms with Crippen LogP contribution in [0.25, 0.3) is 0 Å². The third kappa shape index (κ3) is 2.88. The third-order valence-corrected chi connectivity index (χ3v) is 3.98. The molecule has 0 heterocycles.